The van der Waals surface area contributed by atoms with E-state index < -0.39 is 0 Å². The molecule has 0 saturated heterocycles. The van der Waals surface area contributed by atoms with E-state index in [0.717, 1.165) is 0 Å². The summed E-state index contributed by atoms with van der Waals surface area (Å²) < 4.78 is 0. The lowest BCUT2D eigenvalue weighted by molar-refractivity contribution is 0.868. The van der Waals surface area contributed by atoms with Gasteiger partial charge in [0.25, 0.3) is 0 Å². The van der Waals surface area contributed by atoms with E-state index in [2.05, 4.69) is 61.3 Å². The molecular weight excluding hydrogens is 262 g/mol. The van der Waals surface area contributed by atoms with Crippen molar-refractivity contribution < 1.29 is 0 Å². The zero-order valence-electron chi connectivity index (χ0n) is 12.7. The zero-order chi connectivity index (χ0) is 14.2. The molecule has 108 valence electrons. The third kappa shape index (κ3) is 4.17. The summed E-state index contributed by atoms with van der Waals surface area (Å²) in [5.41, 5.74) is 2.54. The SMILES string of the molecule is CCCC[S+](CCCC)c1ccc(-c2ccccc2)[nH]1. The van der Waals surface area contributed by atoms with Gasteiger partial charge in [-0.3, -0.25) is 0 Å². The van der Waals surface area contributed by atoms with E-state index in [4.69, 9.17) is 0 Å². The smallest absolute Gasteiger partial charge is 0.225 e. The molecule has 0 aliphatic rings. The molecule has 0 saturated carbocycles. The first kappa shape index (κ1) is 15.2. The largest absolute Gasteiger partial charge is 0.316 e. The molecular formula is C18H26NS+. The van der Waals surface area contributed by atoms with E-state index in [9.17, 15) is 0 Å². The van der Waals surface area contributed by atoms with Crippen LogP contribution < -0.4 is 0 Å². The molecule has 0 atom stereocenters. The molecule has 0 radical (unpaired) electrons. The molecule has 1 heterocycles. The van der Waals surface area contributed by atoms with Crippen LogP contribution in [-0.4, -0.2) is 16.5 Å². The van der Waals surface area contributed by atoms with Crippen molar-refractivity contribution in [3.8, 4) is 11.3 Å². The van der Waals surface area contributed by atoms with Crippen LogP contribution in [0.3, 0.4) is 0 Å². The fraction of sp³-hybridized carbons (Fsp3) is 0.444. The molecule has 2 aromatic rings. The van der Waals surface area contributed by atoms with Crippen molar-refractivity contribution >= 4 is 10.9 Å². The average molecular weight is 288 g/mol. The highest BCUT2D eigenvalue weighted by Gasteiger charge is 2.22. The highest BCUT2D eigenvalue weighted by Crippen LogP contribution is 2.23. The van der Waals surface area contributed by atoms with E-state index in [1.54, 1.807) is 0 Å². The van der Waals surface area contributed by atoms with Gasteiger partial charge in [-0.1, -0.05) is 57.0 Å². The minimum absolute atomic E-state index is 0.404. The number of hydrogen-bond donors (Lipinski definition) is 1. The van der Waals surface area contributed by atoms with Crippen LogP contribution in [-0.2, 0) is 10.9 Å². The topological polar surface area (TPSA) is 15.8 Å². The van der Waals surface area contributed by atoms with Gasteiger partial charge in [-0.05, 0) is 24.5 Å². The van der Waals surface area contributed by atoms with Gasteiger partial charge in [0.15, 0.2) is 0 Å². The number of aromatic nitrogens is 1. The number of nitrogens with one attached hydrogen (secondary N) is 1. The number of H-pyrrole nitrogens is 1. The first-order valence-corrected chi connectivity index (χ1v) is 9.33. The second-order valence-corrected chi connectivity index (χ2v) is 7.45. The lowest BCUT2D eigenvalue weighted by Gasteiger charge is -2.05. The molecule has 0 amide bonds. The molecule has 1 nitrogen and oxygen atoms in total. The van der Waals surface area contributed by atoms with Crippen molar-refractivity contribution in [1.29, 1.82) is 0 Å². The van der Waals surface area contributed by atoms with Crippen LogP contribution in [0.1, 0.15) is 39.5 Å². The van der Waals surface area contributed by atoms with Gasteiger partial charge in [-0.25, -0.2) is 0 Å². The fourth-order valence-corrected chi connectivity index (χ4v) is 4.72. The Morgan fingerprint density at radius 2 is 1.50 bits per heavy atom. The van der Waals surface area contributed by atoms with Crippen molar-refractivity contribution in [2.24, 2.45) is 0 Å². The third-order valence-electron chi connectivity index (χ3n) is 3.54. The summed E-state index contributed by atoms with van der Waals surface area (Å²) >= 11 is 0. The first-order valence-electron chi connectivity index (χ1n) is 7.77. The van der Waals surface area contributed by atoms with Crippen molar-refractivity contribution in [1.82, 2.24) is 4.98 Å². The van der Waals surface area contributed by atoms with Gasteiger partial charge in [0, 0.05) is 22.7 Å². The normalized spacial score (nSPS) is 11.2. The predicted molar refractivity (Wildman–Crippen MR) is 91.4 cm³/mol. The Balaban J connectivity index is 2.11. The lowest BCUT2D eigenvalue weighted by Crippen LogP contribution is -2.13. The average Bonchev–Trinajstić information content (AvgIpc) is 2.98. The van der Waals surface area contributed by atoms with Gasteiger partial charge in [0.1, 0.15) is 11.5 Å². The van der Waals surface area contributed by atoms with Crippen LogP contribution in [0.5, 0.6) is 0 Å². The number of hydrogen-bond acceptors (Lipinski definition) is 0. The maximum atomic E-state index is 3.66. The Bertz CT molecular complexity index is 481. The van der Waals surface area contributed by atoms with Crippen molar-refractivity contribution in [3.63, 3.8) is 0 Å². The summed E-state index contributed by atoms with van der Waals surface area (Å²) in [7, 11) is 0.404. The van der Waals surface area contributed by atoms with Crippen LogP contribution in [0.4, 0.5) is 0 Å². The monoisotopic (exact) mass is 288 g/mol. The number of benzene rings is 1. The maximum absolute atomic E-state index is 3.66. The van der Waals surface area contributed by atoms with Crippen LogP contribution in [0.25, 0.3) is 11.3 Å². The van der Waals surface area contributed by atoms with Crippen molar-refractivity contribution in [3.05, 3.63) is 42.5 Å². The third-order valence-corrected chi connectivity index (χ3v) is 5.97. The molecule has 1 aromatic carbocycles. The molecule has 2 rings (SSSR count). The maximum Gasteiger partial charge on any atom is 0.225 e. The van der Waals surface area contributed by atoms with Crippen molar-refractivity contribution in [2.45, 2.75) is 44.6 Å². The highest BCUT2D eigenvalue weighted by atomic mass is 32.2. The standard InChI is InChI=1S/C18H26NS/c1-3-5-14-20(15-6-4-2)18-13-12-17(19-18)16-10-8-7-9-11-16/h7-13,19H,3-6,14-15H2,1-2H3/q+1. The van der Waals surface area contributed by atoms with Crippen LogP contribution in [0.15, 0.2) is 47.5 Å². The van der Waals surface area contributed by atoms with Crippen molar-refractivity contribution in [2.75, 3.05) is 11.5 Å². The summed E-state index contributed by atoms with van der Waals surface area (Å²) in [6.07, 6.45) is 5.27. The Morgan fingerprint density at radius 1 is 0.850 bits per heavy atom. The number of unbranched alkanes of at least 4 members (excludes halogenated alkanes) is 2. The molecule has 20 heavy (non-hydrogen) atoms. The number of aromatic amines is 1. The fourth-order valence-electron chi connectivity index (χ4n) is 2.29. The van der Waals surface area contributed by atoms with E-state index in [1.165, 1.54) is 53.5 Å². The molecule has 1 N–H and O–H groups in total. The zero-order valence-corrected chi connectivity index (χ0v) is 13.5. The minimum atomic E-state index is 0.404. The van der Waals surface area contributed by atoms with E-state index in [0.29, 0.717) is 10.9 Å². The minimum Gasteiger partial charge on any atom is -0.316 e. The van der Waals surface area contributed by atoms with E-state index >= 15 is 0 Å². The highest BCUT2D eigenvalue weighted by molar-refractivity contribution is 7.96. The van der Waals surface area contributed by atoms with Gasteiger partial charge < -0.3 is 4.98 Å². The Kier molecular flexibility index (Phi) is 6.25. The van der Waals surface area contributed by atoms with Gasteiger partial charge >= 0.3 is 0 Å². The summed E-state index contributed by atoms with van der Waals surface area (Å²) in [5.74, 6) is 2.68. The molecule has 0 unspecified atom stereocenters. The van der Waals surface area contributed by atoms with Crippen LogP contribution in [0, 0.1) is 0 Å². The molecule has 0 aliphatic heterocycles. The summed E-state index contributed by atoms with van der Waals surface area (Å²) in [6.45, 7) is 4.57. The van der Waals surface area contributed by atoms with E-state index in [-0.39, 0.29) is 0 Å². The molecule has 0 fully saturated rings. The molecule has 2 heteroatoms. The molecule has 1 aromatic heterocycles. The Morgan fingerprint density at radius 3 is 2.10 bits per heavy atom. The van der Waals surface area contributed by atoms with Gasteiger partial charge in [-0.15, -0.1) is 0 Å². The molecule has 0 aliphatic carbocycles. The second-order valence-electron chi connectivity index (χ2n) is 5.21. The predicted octanol–water partition coefficient (Wildman–Crippen LogP) is 5.26. The summed E-state index contributed by atoms with van der Waals surface area (Å²) in [4.78, 5) is 3.66. The quantitative estimate of drug-likeness (QED) is 0.638. The summed E-state index contributed by atoms with van der Waals surface area (Å²) in [5, 5.41) is 1.45. The van der Waals surface area contributed by atoms with Crippen LogP contribution >= 0.6 is 0 Å². The Hall–Kier alpha value is -1.15. The van der Waals surface area contributed by atoms with Gasteiger partial charge in [-0.2, -0.15) is 0 Å². The van der Waals surface area contributed by atoms with E-state index in [1.807, 2.05) is 0 Å². The van der Waals surface area contributed by atoms with Crippen LogP contribution in [0.2, 0.25) is 0 Å². The number of rotatable bonds is 8. The van der Waals surface area contributed by atoms with Gasteiger partial charge in [0.2, 0.25) is 5.03 Å². The first-order chi connectivity index (χ1) is 9.85. The van der Waals surface area contributed by atoms with Gasteiger partial charge in [0.05, 0.1) is 0 Å². The second kappa shape index (κ2) is 8.21. The molecule has 0 spiro atoms. The lowest BCUT2D eigenvalue weighted by atomic mass is 10.2. The summed E-state index contributed by atoms with van der Waals surface area (Å²) in [6, 6.07) is 15.2. The molecule has 0 bridgehead atoms. The Labute approximate surface area is 126 Å².